The molecule has 0 radical (unpaired) electrons. The standard InChI is InChI=1S/C10H19NO5S2/c1-8(12)9-2-4-11(6-9)18(15,16)10-3-5-17(13,14)7-10/h8-10,12H,2-7H2,1H3. The molecule has 0 spiro atoms. The van der Waals surface area contributed by atoms with Crippen LogP contribution in [0, 0.1) is 5.92 Å². The van der Waals surface area contributed by atoms with Crippen LogP contribution >= 0.6 is 0 Å². The maximum atomic E-state index is 12.3. The average Bonchev–Trinajstić information content (AvgIpc) is 2.84. The first kappa shape index (κ1) is 14.2. The molecule has 3 atom stereocenters. The molecular weight excluding hydrogens is 278 g/mol. The van der Waals surface area contributed by atoms with Crippen LogP contribution < -0.4 is 0 Å². The van der Waals surface area contributed by atoms with Gasteiger partial charge < -0.3 is 5.11 Å². The van der Waals surface area contributed by atoms with Crippen LogP contribution in [0.25, 0.3) is 0 Å². The Morgan fingerprint density at radius 3 is 2.44 bits per heavy atom. The first-order chi connectivity index (χ1) is 8.22. The van der Waals surface area contributed by atoms with Gasteiger partial charge in [0.2, 0.25) is 10.0 Å². The third-order valence-electron chi connectivity index (χ3n) is 3.84. The Morgan fingerprint density at radius 2 is 2.00 bits per heavy atom. The lowest BCUT2D eigenvalue weighted by molar-refractivity contribution is 0.133. The summed E-state index contributed by atoms with van der Waals surface area (Å²) in [5.74, 6) is -0.340. The van der Waals surface area contributed by atoms with Crippen LogP contribution in [0.4, 0.5) is 0 Å². The van der Waals surface area contributed by atoms with Gasteiger partial charge in [-0.15, -0.1) is 0 Å². The van der Waals surface area contributed by atoms with Crippen LogP contribution in [0.15, 0.2) is 0 Å². The Bertz CT molecular complexity index is 510. The van der Waals surface area contributed by atoms with Crippen LogP contribution in [0.3, 0.4) is 0 Å². The van der Waals surface area contributed by atoms with Crippen molar-refractivity contribution < 1.29 is 21.9 Å². The molecule has 0 saturated carbocycles. The Labute approximate surface area is 108 Å². The van der Waals surface area contributed by atoms with Gasteiger partial charge in [0.05, 0.1) is 22.9 Å². The topological polar surface area (TPSA) is 91.8 Å². The molecule has 2 aliphatic rings. The number of sulfonamides is 1. The van der Waals surface area contributed by atoms with Gasteiger partial charge >= 0.3 is 0 Å². The molecule has 18 heavy (non-hydrogen) atoms. The lowest BCUT2D eigenvalue weighted by Crippen LogP contribution is -2.38. The number of hydrogen-bond acceptors (Lipinski definition) is 5. The van der Waals surface area contributed by atoms with Gasteiger partial charge in [0, 0.05) is 13.1 Å². The van der Waals surface area contributed by atoms with Crippen LogP contribution in [0.5, 0.6) is 0 Å². The van der Waals surface area contributed by atoms with Gasteiger partial charge in [-0.2, -0.15) is 0 Å². The molecule has 1 N–H and O–H groups in total. The number of nitrogens with zero attached hydrogens (tertiary/aromatic N) is 1. The zero-order chi connectivity index (χ0) is 13.6. The average molecular weight is 297 g/mol. The second-order valence-electron chi connectivity index (χ2n) is 5.22. The van der Waals surface area contributed by atoms with E-state index in [1.54, 1.807) is 6.92 Å². The highest BCUT2D eigenvalue weighted by Gasteiger charge is 2.43. The van der Waals surface area contributed by atoms with Gasteiger partial charge in [-0.1, -0.05) is 0 Å². The van der Waals surface area contributed by atoms with Gasteiger partial charge in [0.25, 0.3) is 0 Å². The molecule has 2 fully saturated rings. The maximum Gasteiger partial charge on any atom is 0.218 e. The number of sulfone groups is 1. The van der Waals surface area contributed by atoms with Crippen LogP contribution in [0.2, 0.25) is 0 Å². The van der Waals surface area contributed by atoms with E-state index in [-0.39, 0.29) is 23.8 Å². The Balaban J connectivity index is 2.09. The van der Waals surface area contributed by atoms with E-state index in [1.165, 1.54) is 4.31 Å². The fraction of sp³-hybridized carbons (Fsp3) is 1.00. The van der Waals surface area contributed by atoms with Crippen LogP contribution in [-0.2, 0) is 19.9 Å². The molecule has 0 aromatic rings. The molecular formula is C10H19NO5S2. The fourth-order valence-corrected chi connectivity index (χ4v) is 7.18. The predicted octanol–water partition coefficient (Wildman–Crippen LogP) is -0.794. The van der Waals surface area contributed by atoms with Crippen molar-refractivity contribution in [1.29, 1.82) is 0 Å². The molecule has 0 amide bonds. The summed E-state index contributed by atoms with van der Waals surface area (Å²) in [6.07, 6.45) is 0.300. The van der Waals surface area contributed by atoms with Crippen molar-refractivity contribution in [3.05, 3.63) is 0 Å². The summed E-state index contributed by atoms with van der Waals surface area (Å²) >= 11 is 0. The second-order valence-corrected chi connectivity index (χ2v) is 9.66. The van der Waals surface area contributed by atoms with Crippen LogP contribution in [0.1, 0.15) is 19.8 Å². The molecule has 0 aromatic heterocycles. The minimum absolute atomic E-state index is 0.0371. The van der Waals surface area contributed by atoms with Crippen molar-refractivity contribution in [3.63, 3.8) is 0 Å². The highest BCUT2D eigenvalue weighted by molar-refractivity contribution is 7.95. The fourth-order valence-electron chi connectivity index (χ4n) is 2.59. The van der Waals surface area contributed by atoms with Crippen molar-refractivity contribution in [2.24, 2.45) is 5.92 Å². The number of aliphatic hydroxyl groups is 1. The number of rotatable bonds is 3. The lowest BCUT2D eigenvalue weighted by atomic mass is 10.0. The SMILES string of the molecule is CC(O)C1CCN(S(=O)(=O)C2CCS(=O)(=O)C2)C1. The van der Waals surface area contributed by atoms with E-state index >= 15 is 0 Å². The smallest absolute Gasteiger partial charge is 0.218 e. The van der Waals surface area contributed by atoms with Crippen molar-refractivity contribution in [3.8, 4) is 0 Å². The minimum atomic E-state index is -3.53. The Morgan fingerprint density at radius 1 is 1.33 bits per heavy atom. The number of hydrogen-bond donors (Lipinski definition) is 1. The summed E-state index contributed by atoms with van der Waals surface area (Å²) < 4.78 is 48.6. The molecule has 0 aromatic carbocycles. The summed E-state index contributed by atoms with van der Waals surface area (Å²) in [7, 11) is -6.73. The van der Waals surface area contributed by atoms with E-state index in [4.69, 9.17) is 0 Å². The quantitative estimate of drug-likeness (QED) is 0.737. The van der Waals surface area contributed by atoms with Crippen molar-refractivity contribution in [2.45, 2.75) is 31.1 Å². The summed E-state index contributed by atoms with van der Waals surface area (Å²) in [5, 5.41) is 8.67. The minimum Gasteiger partial charge on any atom is -0.393 e. The molecule has 2 saturated heterocycles. The maximum absolute atomic E-state index is 12.3. The monoisotopic (exact) mass is 297 g/mol. The van der Waals surface area contributed by atoms with Gasteiger partial charge in [-0.3, -0.25) is 0 Å². The molecule has 8 heteroatoms. The summed E-state index contributed by atoms with van der Waals surface area (Å²) in [5.41, 5.74) is 0. The van der Waals surface area contributed by atoms with E-state index in [1.807, 2.05) is 0 Å². The third kappa shape index (κ3) is 2.71. The molecule has 2 aliphatic heterocycles. The zero-order valence-corrected chi connectivity index (χ0v) is 12.0. The predicted molar refractivity (Wildman–Crippen MR) is 67.3 cm³/mol. The van der Waals surface area contributed by atoms with E-state index in [9.17, 15) is 21.9 Å². The first-order valence-corrected chi connectivity index (χ1v) is 9.42. The molecule has 0 aliphatic carbocycles. The summed E-state index contributed by atoms with van der Waals surface area (Å²) in [6, 6.07) is 0. The number of aliphatic hydroxyl groups excluding tert-OH is 1. The second kappa shape index (κ2) is 4.73. The van der Waals surface area contributed by atoms with E-state index in [2.05, 4.69) is 0 Å². The zero-order valence-electron chi connectivity index (χ0n) is 10.3. The molecule has 0 bridgehead atoms. The van der Waals surface area contributed by atoms with E-state index < -0.39 is 31.2 Å². The Hall–Kier alpha value is -0.180. The molecule has 6 nitrogen and oxygen atoms in total. The Kier molecular flexibility index (Phi) is 3.74. The molecule has 2 heterocycles. The first-order valence-electron chi connectivity index (χ1n) is 6.10. The molecule has 2 rings (SSSR count). The van der Waals surface area contributed by atoms with Crippen molar-refractivity contribution in [2.75, 3.05) is 24.6 Å². The van der Waals surface area contributed by atoms with E-state index in [0.717, 1.165) is 0 Å². The largest absolute Gasteiger partial charge is 0.393 e. The summed E-state index contributed by atoms with van der Waals surface area (Å²) in [4.78, 5) is 0. The molecule has 106 valence electrons. The van der Waals surface area contributed by atoms with Crippen molar-refractivity contribution in [1.82, 2.24) is 4.31 Å². The van der Waals surface area contributed by atoms with Gasteiger partial charge in [0.15, 0.2) is 9.84 Å². The van der Waals surface area contributed by atoms with Gasteiger partial charge in [-0.05, 0) is 25.7 Å². The van der Waals surface area contributed by atoms with Crippen LogP contribution in [-0.4, -0.2) is 62.2 Å². The van der Waals surface area contributed by atoms with Gasteiger partial charge in [-0.25, -0.2) is 21.1 Å². The van der Waals surface area contributed by atoms with E-state index in [0.29, 0.717) is 19.5 Å². The normalized spacial score (nSPS) is 34.8. The lowest BCUT2D eigenvalue weighted by Gasteiger charge is -2.21. The highest BCUT2D eigenvalue weighted by Crippen LogP contribution is 2.28. The summed E-state index contributed by atoms with van der Waals surface area (Å²) in [6.45, 7) is 2.34. The molecule has 3 unspecified atom stereocenters. The van der Waals surface area contributed by atoms with Gasteiger partial charge in [0.1, 0.15) is 0 Å². The highest BCUT2D eigenvalue weighted by atomic mass is 32.2. The third-order valence-corrected chi connectivity index (χ3v) is 8.12. The van der Waals surface area contributed by atoms with Crippen molar-refractivity contribution >= 4 is 19.9 Å².